The number of rotatable bonds is 5. The first-order valence-corrected chi connectivity index (χ1v) is 9.22. The lowest BCUT2D eigenvalue weighted by Crippen LogP contribution is -2.27. The predicted molar refractivity (Wildman–Crippen MR) is 93.0 cm³/mol. The van der Waals surface area contributed by atoms with E-state index in [2.05, 4.69) is 4.72 Å². The van der Waals surface area contributed by atoms with Crippen LogP contribution in [0.3, 0.4) is 0 Å². The summed E-state index contributed by atoms with van der Waals surface area (Å²) in [6, 6.07) is 9.19. The number of aromatic carboxylic acids is 1. The van der Waals surface area contributed by atoms with Gasteiger partial charge in [0.15, 0.2) is 0 Å². The molecule has 0 amide bonds. The molecule has 1 unspecified atom stereocenters. The van der Waals surface area contributed by atoms with E-state index in [0.717, 1.165) is 0 Å². The van der Waals surface area contributed by atoms with Gasteiger partial charge in [0.05, 0.1) is 4.90 Å². The van der Waals surface area contributed by atoms with Crippen molar-refractivity contribution in [3.63, 3.8) is 0 Å². The second kappa shape index (κ2) is 6.54. The molecule has 0 fully saturated rings. The van der Waals surface area contributed by atoms with Gasteiger partial charge >= 0.3 is 5.97 Å². The quantitative estimate of drug-likeness (QED) is 0.708. The van der Waals surface area contributed by atoms with E-state index in [1.54, 1.807) is 19.9 Å². The molecule has 1 atom stereocenters. The van der Waals surface area contributed by atoms with E-state index in [9.17, 15) is 17.6 Å². The lowest BCUT2D eigenvalue weighted by Gasteiger charge is -2.15. The number of benzene rings is 2. The number of carboxylic acids is 1. The highest BCUT2D eigenvalue weighted by Crippen LogP contribution is 2.28. The van der Waals surface area contributed by atoms with Crippen LogP contribution in [0.25, 0.3) is 11.0 Å². The van der Waals surface area contributed by atoms with E-state index in [1.165, 1.54) is 36.4 Å². The molecule has 0 radical (unpaired) electrons. The van der Waals surface area contributed by atoms with Crippen molar-refractivity contribution in [2.24, 2.45) is 0 Å². The number of nitrogens with one attached hydrogen (secondary N) is 1. The molecule has 2 N–H and O–H groups in total. The fraction of sp³-hybridized carbons (Fsp3) is 0.167. The highest BCUT2D eigenvalue weighted by molar-refractivity contribution is 7.89. The van der Waals surface area contributed by atoms with Crippen molar-refractivity contribution < 1.29 is 27.1 Å². The smallest absolute Gasteiger partial charge is 0.372 e. The van der Waals surface area contributed by atoms with Crippen molar-refractivity contribution in [3.8, 4) is 0 Å². The van der Waals surface area contributed by atoms with E-state index in [-0.39, 0.29) is 21.8 Å². The molecule has 136 valence electrons. The number of hydrogen-bond donors (Lipinski definition) is 2. The summed E-state index contributed by atoms with van der Waals surface area (Å²) >= 11 is 0. The second-order valence-electron chi connectivity index (χ2n) is 5.88. The number of fused-ring (bicyclic) bond motifs is 1. The Morgan fingerprint density at radius 2 is 1.92 bits per heavy atom. The highest BCUT2D eigenvalue weighted by atomic mass is 32.2. The Kier molecular flexibility index (Phi) is 4.55. The molecule has 26 heavy (non-hydrogen) atoms. The van der Waals surface area contributed by atoms with Gasteiger partial charge in [0.25, 0.3) is 0 Å². The number of furan rings is 1. The lowest BCUT2D eigenvalue weighted by atomic mass is 10.1. The summed E-state index contributed by atoms with van der Waals surface area (Å²) < 4.78 is 46.8. The predicted octanol–water partition coefficient (Wildman–Crippen LogP) is 3.62. The molecule has 0 spiro atoms. The zero-order valence-corrected chi connectivity index (χ0v) is 14.8. The summed E-state index contributed by atoms with van der Waals surface area (Å²) in [6.45, 7) is 3.08. The summed E-state index contributed by atoms with van der Waals surface area (Å²) in [6.07, 6.45) is 0. The van der Waals surface area contributed by atoms with Crippen LogP contribution in [0.2, 0.25) is 0 Å². The van der Waals surface area contributed by atoms with Gasteiger partial charge in [-0.1, -0.05) is 18.2 Å². The van der Waals surface area contributed by atoms with Crippen LogP contribution in [-0.4, -0.2) is 19.5 Å². The van der Waals surface area contributed by atoms with Gasteiger partial charge in [0, 0.05) is 22.6 Å². The van der Waals surface area contributed by atoms with Crippen LogP contribution in [0.4, 0.5) is 4.39 Å². The molecule has 0 saturated carbocycles. The molecule has 0 aliphatic carbocycles. The third-order valence-corrected chi connectivity index (χ3v) is 5.65. The molecule has 3 aromatic rings. The fourth-order valence-electron chi connectivity index (χ4n) is 2.76. The maximum atomic E-state index is 13.9. The maximum Gasteiger partial charge on any atom is 0.372 e. The van der Waals surface area contributed by atoms with E-state index < -0.39 is 27.9 Å². The van der Waals surface area contributed by atoms with Gasteiger partial charge in [-0.2, -0.15) is 0 Å². The Hall–Kier alpha value is -2.71. The lowest BCUT2D eigenvalue weighted by molar-refractivity contribution is 0.0664. The molecule has 8 heteroatoms. The van der Waals surface area contributed by atoms with Crippen molar-refractivity contribution in [1.29, 1.82) is 0 Å². The number of sulfonamides is 1. The van der Waals surface area contributed by atoms with E-state index >= 15 is 0 Å². The van der Waals surface area contributed by atoms with E-state index in [1.807, 2.05) is 0 Å². The molecule has 0 aliphatic heterocycles. The topological polar surface area (TPSA) is 96.6 Å². The third kappa shape index (κ3) is 3.21. The van der Waals surface area contributed by atoms with Crippen LogP contribution < -0.4 is 4.72 Å². The van der Waals surface area contributed by atoms with Gasteiger partial charge in [-0.3, -0.25) is 0 Å². The molecule has 6 nitrogen and oxygen atoms in total. The highest BCUT2D eigenvalue weighted by Gasteiger charge is 2.23. The minimum atomic E-state index is -3.95. The minimum absolute atomic E-state index is 0.0611. The van der Waals surface area contributed by atoms with Gasteiger partial charge in [0.1, 0.15) is 11.4 Å². The van der Waals surface area contributed by atoms with Gasteiger partial charge < -0.3 is 9.52 Å². The number of aryl methyl sites for hydroxylation is 1. The number of hydrogen-bond acceptors (Lipinski definition) is 4. The average molecular weight is 377 g/mol. The summed E-state index contributed by atoms with van der Waals surface area (Å²) in [7, 11) is -3.95. The largest absolute Gasteiger partial charge is 0.475 e. The molecule has 2 aromatic carbocycles. The summed E-state index contributed by atoms with van der Waals surface area (Å²) in [5.41, 5.74) is 0.845. The SMILES string of the molecule is Cc1c(C(=O)O)oc2ccc(S(=O)(=O)NC(C)c3ccccc3F)cc12. The number of carboxylic acid groups (broad SMARTS) is 1. The van der Waals surface area contributed by atoms with Crippen molar-refractivity contribution in [2.75, 3.05) is 0 Å². The number of carbonyl (C=O) groups is 1. The van der Waals surface area contributed by atoms with Crippen LogP contribution in [0, 0.1) is 12.7 Å². The van der Waals surface area contributed by atoms with Crippen LogP contribution in [-0.2, 0) is 10.0 Å². The molecule has 3 rings (SSSR count). The molecule has 0 aliphatic rings. The summed E-state index contributed by atoms with van der Waals surface area (Å²) in [5, 5.41) is 9.50. The normalized spacial score (nSPS) is 13.0. The minimum Gasteiger partial charge on any atom is -0.475 e. The Morgan fingerprint density at radius 1 is 1.23 bits per heavy atom. The van der Waals surface area contributed by atoms with Gasteiger partial charge in [-0.05, 0) is 38.1 Å². The van der Waals surface area contributed by atoms with E-state index in [4.69, 9.17) is 9.52 Å². The Bertz CT molecular complexity index is 1100. The Labute approximate surface area is 149 Å². The monoisotopic (exact) mass is 377 g/mol. The Morgan fingerprint density at radius 3 is 2.58 bits per heavy atom. The average Bonchev–Trinajstić information content (AvgIpc) is 2.91. The van der Waals surface area contributed by atoms with Crippen molar-refractivity contribution in [2.45, 2.75) is 24.8 Å². The first-order valence-electron chi connectivity index (χ1n) is 7.74. The van der Waals surface area contributed by atoms with Gasteiger partial charge in [-0.25, -0.2) is 22.3 Å². The molecule has 0 bridgehead atoms. The zero-order chi connectivity index (χ0) is 19.1. The molecule has 0 saturated heterocycles. The van der Waals surface area contributed by atoms with Crippen molar-refractivity contribution in [1.82, 2.24) is 4.72 Å². The van der Waals surface area contributed by atoms with Crippen molar-refractivity contribution >= 4 is 27.0 Å². The fourth-order valence-corrected chi connectivity index (χ4v) is 4.01. The first kappa shape index (κ1) is 18.1. The van der Waals surface area contributed by atoms with E-state index in [0.29, 0.717) is 10.9 Å². The van der Waals surface area contributed by atoms with Crippen LogP contribution >= 0.6 is 0 Å². The van der Waals surface area contributed by atoms with Crippen LogP contribution in [0.5, 0.6) is 0 Å². The second-order valence-corrected chi connectivity index (χ2v) is 7.60. The third-order valence-electron chi connectivity index (χ3n) is 4.12. The van der Waals surface area contributed by atoms with Gasteiger partial charge in [-0.15, -0.1) is 0 Å². The van der Waals surface area contributed by atoms with Gasteiger partial charge in [0.2, 0.25) is 15.8 Å². The number of halogens is 1. The van der Waals surface area contributed by atoms with Crippen LogP contribution in [0.15, 0.2) is 51.8 Å². The first-order chi connectivity index (χ1) is 12.2. The standard InChI is InChI=1S/C18H16FNO5S/c1-10-14-9-12(7-8-16(14)25-17(10)18(21)22)26(23,24)20-11(2)13-5-3-4-6-15(13)19/h3-9,11,20H,1-2H3,(H,21,22). The summed E-state index contributed by atoms with van der Waals surface area (Å²) in [5.74, 6) is -1.97. The molecular weight excluding hydrogens is 361 g/mol. The van der Waals surface area contributed by atoms with Crippen LogP contribution in [0.1, 0.15) is 34.6 Å². The zero-order valence-electron chi connectivity index (χ0n) is 14.0. The summed E-state index contributed by atoms with van der Waals surface area (Å²) in [4.78, 5) is 11.1. The molecular formula is C18H16FNO5S. The maximum absolute atomic E-state index is 13.9. The molecule has 1 aromatic heterocycles. The van der Waals surface area contributed by atoms with Crippen molar-refractivity contribution in [3.05, 3.63) is 65.2 Å². The molecule has 1 heterocycles. The Balaban J connectivity index is 1.98.